The Balaban J connectivity index is 3.20. The maximum Gasteiger partial charge on any atom is 0.337 e. The number of aromatic carboxylic acids is 1. The average molecular weight is 216 g/mol. The summed E-state index contributed by atoms with van der Waals surface area (Å²) in [5, 5.41) is 8.60. The Morgan fingerprint density at radius 1 is 1.64 bits per heavy atom. The van der Waals surface area contributed by atoms with E-state index >= 15 is 0 Å². The maximum atomic E-state index is 10.5. The van der Waals surface area contributed by atoms with E-state index in [1.807, 2.05) is 0 Å². The molecule has 1 aromatic rings. The van der Waals surface area contributed by atoms with Crippen LogP contribution in [0.2, 0.25) is 0 Å². The molecule has 0 aliphatic rings. The standard InChI is InChI=1S/C7H6BrNO2/c1-4-5(7(10)11)2-3-6(8)9-4/h2-3H,1H3,(H,10,11). The number of rotatable bonds is 1. The third-order valence-corrected chi connectivity index (χ3v) is 1.72. The van der Waals surface area contributed by atoms with Crippen molar-refractivity contribution in [3.8, 4) is 0 Å². The minimum absolute atomic E-state index is 0.244. The number of hydrogen-bond acceptors (Lipinski definition) is 2. The van der Waals surface area contributed by atoms with Crippen LogP contribution in [0.5, 0.6) is 0 Å². The van der Waals surface area contributed by atoms with Crippen molar-refractivity contribution in [3.05, 3.63) is 28.0 Å². The Kier molecular flexibility index (Phi) is 2.24. The fraction of sp³-hybridized carbons (Fsp3) is 0.143. The van der Waals surface area contributed by atoms with Crippen LogP contribution >= 0.6 is 15.9 Å². The van der Waals surface area contributed by atoms with Gasteiger partial charge in [-0.25, -0.2) is 9.78 Å². The van der Waals surface area contributed by atoms with Gasteiger partial charge < -0.3 is 5.11 Å². The smallest absolute Gasteiger partial charge is 0.337 e. The summed E-state index contributed by atoms with van der Waals surface area (Å²) in [4.78, 5) is 14.4. The lowest BCUT2D eigenvalue weighted by Gasteiger charge is -1.98. The largest absolute Gasteiger partial charge is 0.478 e. The summed E-state index contributed by atoms with van der Waals surface area (Å²) < 4.78 is 0.653. The number of hydrogen-bond donors (Lipinski definition) is 1. The second-order valence-electron chi connectivity index (χ2n) is 2.07. The first kappa shape index (κ1) is 8.20. The number of carboxylic acid groups (broad SMARTS) is 1. The molecule has 1 N–H and O–H groups in total. The Labute approximate surface area is 72.2 Å². The van der Waals surface area contributed by atoms with Crippen LogP contribution in [-0.2, 0) is 0 Å². The molecule has 0 fully saturated rings. The number of aromatic nitrogens is 1. The van der Waals surface area contributed by atoms with Gasteiger partial charge in [-0.2, -0.15) is 0 Å². The predicted octanol–water partition coefficient (Wildman–Crippen LogP) is 1.85. The minimum atomic E-state index is -0.942. The second-order valence-corrected chi connectivity index (χ2v) is 2.88. The summed E-state index contributed by atoms with van der Waals surface area (Å²) >= 11 is 3.14. The highest BCUT2D eigenvalue weighted by atomic mass is 79.9. The molecule has 0 saturated heterocycles. The van der Waals surface area contributed by atoms with Gasteiger partial charge in [0.1, 0.15) is 4.60 Å². The van der Waals surface area contributed by atoms with E-state index in [4.69, 9.17) is 5.11 Å². The molecule has 0 aliphatic carbocycles. The van der Waals surface area contributed by atoms with Gasteiger partial charge in [0.05, 0.1) is 11.3 Å². The van der Waals surface area contributed by atoms with E-state index in [1.165, 1.54) is 6.07 Å². The fourth-order valence-electron chi connectivity index (χ4n) is 0.756. The van der Waals surface area contributed by atoms with Crippen molar-refractivity contribution in [2.75, 3.05) is 0 Å². The summed E-state index contributed by atoms with van der Waals surface area (Å²) in [6.45, 7) is 1.66. The molecular formula is C7H6BrNO2. The van der Waals surface area contributed by atoms with E-state index in [9.17, 15) is 4.79 Å². The Morgan fingerprint density at radius 3 is 2.73 bits per heavy atom. The number of aryl methyl sites for hydroxylation is 1. The van der Waals surface area contributed by atoms with Crippen molar-refractivity contribution in [2.45, 2.75) is 6.92 Å². The molecule has 0 bridgehead atoms. The second kappa shape index (κ2) is 3.00. The first-order chi connectivity index (χ1) is 5.11. The third-order valence-electron chi connectivity index (χ3n) is 1.28. The van der Waals surface area contributed by atoms with Gasteiger partial charge in [-0.15, -0.1) is 0 Å². The van der Waals surface area contributed by atoms with Gasteiger partial charge in [0, 0.05) is 0 Å². The number of nitrogens with zero attached hydrogens (tertiary/aromatic N) is 1. The molecule has 0 aromatic carbocycles. The highest BCUT2D eigenvalue weighted by molar-refractivity contribution is 9.10. The van der Waals surface area contributed by atoms with E-state index in [-0.39, 0.29) is 5.56 Å². The molecule has 1 rings (SSSR count). The van der Waals surface area contributed by atoms with E-state index in [0.717, 1.165) is 0 Å². The van der Waals surface area contributed by atoms with Crippen LogP contribution in [0.1, 0.15) is 16.1 Å². The summed E-state index contributed by atoms with van der Waals surface area (Å²) in [6.07, 6.45) is 0. The van der Waals surface area contributed by atoms with Crippen LogP contribution in [0, 0.1) is 6.92 Å². The van der Waals surface area contributed by atoms with Crippen LogP contribution in [0.15, 0.2) is 16.7 Å². The van der Waals surface area contributed by atoms with E-state index in [2.05, 4.69) is 20.9 Å². The van der Waals surface area contributed by atoms with E-state index in [0.29, 0.717) is 10.3 Å². The SMILES string of the molecule is Cc1nc(Br)ccc1C(=O)O. The first-order valence-corrected chi connectivity index (χ1v) is 3.77. The van der Waals surface area contributed by atoms with Crippen molar-refractivity contribution >= 4 is 21.9 Å². The number of carbonyl (C=O) groups is 1. The molecular weight excluding hydrogens is 210 g/mol. The summed E-state index contributed by atoms with van der Waals surface area (Å²) in [5.74, 6) is -0.942. The Bertz CT molecular complexity index is 298. The fourth-order valence-corrected chi connectivity index (χ4v) is 1.15. The molecule has 0 atom stereocenters. The molecule has 4 heteroatoms. The topological polar surface area (TPSA) is 50.2 Å². The molecule has 0 saturated carbocycles. The van der Waals surface area contributed by atoms with Crippen LogP contribution < -0.4 is 0 Å². The lowest BCUT2D eigenvalue weighted by molar-refractivity contribution is 0.0695. The average Bonchev–Trinajstić information content (AvgIpc) is 1.85. The van der Waals surface area contributed by atoms with Crippen molar-refractivity contribution in [3.63, 3.8) is 0 Å². The van der Waals surface area contributed by atoms with Gasteiger partial charge in [-0.3, -0.25) is 0 Å². The van der Waals surface area contributed by atoms with Crippen LogP contribution in [0.25, 0.3) is 0 Å². The molecule has 0 radical (unpaired) electrons. The molecule has 1 aromatic heterocycles. The van der Waals surface area contributed by atoms with Crippen LogP contribution in [0.4, 0.5) is 0 Å². The van der Waals surface area contributed by atoms with Crippen molar-refractivity contribution < 1.29 is 9.90 Å². The molecule has 0 unspecified atom stereocenters. The highest BCUT2D eigenvalue weighted by Crippen LogP contribution is 2.10. The lowest BCUT2D eigenvalue weighted by atomic mass is 10.2. The number of pyridine rings is 1. The van der Waals surface area contributed by atoms with Crippen molar-refractivity contribution in [1.82, 2.24) is 4.98 Å². The van der Waals surface area contributed by atoms with Crippen molar-refractivity contribution in [1.29, 1.82) is 0 Å². The van der Waals surface area contributed by atoms with Gasteiger partial charge in [-0.05, 0) is 35.0 Å². The highest BCUT2D eigenvalue weighted by Gasteiger charge is 2.06. The molecule has 0 aliphatic heterocycles. The zero-order valence-electron chi connectivity index (χ0n) is 5.84. The predicted molar refractivity (Wildman–Crippen MR) is 43.6 cm³/mol. The summed E-state index contributed by atoms with van der Waals surface area (Å²) in [5.41, 5.74) is 0.764. The van der Waals surface area contributed by atoms with Gasteiger partial charge >= 0.3 is 5.97 Å². The maximum absolute atomic E-state index is 10.5. The van der Waals surface area contributed by atoms with Gasteiger partial charge in [0.25, 0.3) is 0 Å². The summed E-state index contributed by atoms with van der Waals surface area (Å²) in [6, 6.07) is 3.13. The molecule has 11 heavy (non-hydrogen) atoms. The molecule has 3 nitrogen and oxygen atoms in total. The third kappa shape index (κ3) is 1.77. The van der Waals surface area contributed by atoms with Crippen LogP contribution in [-0.4, -0.2) is 16.1 Å². The number of carboxylic acids is 1. The van der Waals surface area contributed by atoms with Crippen LogP contribution in [0.3, 0.4) is 0 Å². The molecule has 0 spiro atoms. The normalized spacial score (nSPS) is 9.64. The van der Waals surface area contributed by atoms with Gasteiger partial charge in [0.15, 0.2) is 0 Å². The monoisotopic (exact) mass is 215 g/mol. The van der Waals surface area contributed by atoms with Gasteiger partial charge in [-0.1, -0.05) is 0 Å². The number of halogens is 1. The lowest BCUT2D eigenvalue weighted by Crippen LogP contribution is -2.00. The van der Waals surface area contributed by atoms with Crippen molar-refractivity contribution in [2.24, 2.45) is 0 Å². The quantitative estimate of drug-likeness (QED) is 0.728. The molecule has 1 heterocycles. The summed E-state index contributed by atoms with van der Waals surface area (Å²) in [7, 11) is 0. The zero-order valence-corrected chi connectivity index (χ0v) is 7.42. The minimum Gasteiger partial charge on any atom is -0.478 e. The first-order valence-electron chi connectivity index (χ1n) is 2.97. The van der Waals surface area contributed by atoms with Gasteiger partial charge in [0.2, 0.25) is 0 Å². The molecule has 0 amide bonds. The zero-order chi connectivity index (χ0) is 8.43. The Hall–Kier alpha value is -0.900. The molecule has 58 valence electrons. The van der Waals surface area contributed by atoms with E-state index < -0.39 is 5.97 Å². The Morgan fingerprint density at radius 2 is 2.27 bits per heavy atom. The van der Waals surface area contributed by atoms with E-state index in [1.54, 1.807) is 13.0 Å².